The molecule has 0 saturated heterocycles. The maximum absolute atomic E-state index is 12.8. The van der Waals surface area contributed by atoms with E-state index in [-0.39, 0.29) is 36.9 Å². The molecule has 2 aromatic carbocycles. The summed E-state index contributed by atoms with van der Waals surface area (Å²) in [5, 5.41) is 15.7. The van der Waals surface area contributed by atoms with Gasteiger partial charge >= 0.3 is 5.97 Å². The number of anilines is 2. The second kappa shape index (κ2) is 9.58. The molecule has 0 fully saturated rings. The minimum atomic E-state index is -0.574. The highest BCUT2D eigenvalue weighted by molar-refractivity contribution is 9.10. The van der Waals surface area contributed by atoms with E-state index in [4.69, 9.17) is 4.74 Å². The first-order chi connectivity index (χ1) is 14.0. The number of ether oxygens (including phenoxy) is 1. The van der Waals surface area contributed by atoms with Gasteiger partial charge in [-0.25, -0.2) is 4.79 Å². The molecule has 0 unspecified atom stereocenters. The van der Waals surface area contributed by atoms with E-state index in [0.29, 0.717) is 12.2 Å². The number of β-amino-alcohol motifs (C(OH)–C–C–N with tert-alkyl or cyclic N) is 1. The molecular weight excluding hydrogens is 438 g/mol. The van der Waals surface area contributed by atoms with Crippen molar-refractivity contribution < 1.29 is 19.4 Å². The Bertz CT molecular complexity index is 931. The molecule has 3 N–H and O–H groups in total. The highest BCUT2D eigenvalue weighted by Gasteiger charge is 2.34. The number of amides is 1. The van der Waals surface area contributed by atoms with Gasteiger partial charge in [0.1, 0.15) is 5.70 Å². The average molecular weight is 460 g/mol. The summed E-state index contributed by atoms with van der Waals surface area (Å²) in [5.41, 5.74) is 2.93. The van der Waals surface area contributed by atoms with Crippen LogP contribution in [0, 0.1) is 0 Å². The number of rotatable bonds is 8. The number of hydrogen-bond donors (Lipinski definition) is 3. The quantitative estimate of drug-likeness (QED) is 0.525. The van der Waals surface area contributed by atoms with Crippen molar-refractivity contribution in [3.63, 3.8) is 0 Å². The van der Waals surface area contributed by atoms with Gasteiger partial charge in [0.15, 0.2) is 0 Å². The molecule has 3 rings (SSSR count). The summed E-state index contributed by atoms with van der Waals surface area (Å²) in [7, 11) is 1.28. The fraction of sp³-hybridized carbons (Fsp3) is 0.238. The van der Waals surface area contributed by atoms with E-state index in [9.17, 15) is 14.7 Å². The predicted octanol–water partition coefficient (Wildman–Crippen LogP) is 2.73. The summed E-state index contributed by atoms with van der Waals surface area (Å²) in [6, 6.07) is 15.5. The number of carbonyl (C=O) groups is 2. The van der Waals surface area contributed by atoms with Gasteiger partial charge in [0, 0.05) is 17.6 Å². The van der Waals surface area contributed by atoms with Crippen molar-refractivity contribution in [1.82, 2.24) is 4.90 Å². The Morgan fingerprint density at radius 1 is 1.21 bits per heavy atom. The molecule has 0 aliphatic carbocycles. The Morgan fingerprint density at radius 2 is 1.97 bits per heavy atom. The number of nitrogens with one attached hydrogen (secondary N) is 2. The molecule has 1 heterocycles. The van der Waals surface area contributed by atoms with Crippen LogP contribution >= 0.6 is 15.9 Å². The van der Waals surface area contributed by atoms with Gasteiger partial charge in [-0.15, -0.1) is 0 Å². The number of methoxy groups -OCH3 is 1. The lowest BCUT2D eigenvalue weighted by Crippen LogP contribution is -2.31. The van der Waals surface area contributed by atoms with Gasteiger partial charge in [0.25, 0.3) is 5.91 Å². The summed E-state index contributed by atoms with van der Waals surface area (Å²) in [5.74, 6) is -0.927. The van der Waals surface area contributed by atoms with E-state index in [1.807, 2.05) is 48.5 Å². The van der Waals surface area contributed by atoms with E-state index in [0.717, 1.165) is 15.7 Å². The molecule has 0 radical (unpaired) electrons. The number of nitrogens with zero attached hydrogens (tertiary/aromatic N) is 1. The Labute approximate surface area is 177 Å². The standard InChI is InChI=1S/C21H22BrN3O4/c1-29-21(28)16-13-25(9-10-26)20(27)19(16)24-18-11-15(22)7-8-17(18)23-12-14-5-3-2-4-6-14/h2-8,11,23-24,26H,9-10,12-13H2,1H3. The highest BCUT2D eigenvalue weighted by Crippen LogP contribution is 2.30. The number of hydrogen-bond acceptors (Lipinski definition) is 6. The van der Waals surface area contributed by atoms with Crippen molar-refractivity contribution >= 4 is 39.2 Å². The third kappa shape index (κ3) is 4.96. The van der Waals surface area contributed by atoms with Crippen molar-refractivity contribution in [2.24, 2.45) is 0 Å². The summed E-state index contributed by atoms with van der Waals surface area (Å²) in [6.07, 6.45) is 0. The first kappa shape index (κ1) is 20.9. The maximum atomic E-state index is 12.8. The van der Waals surface area contributed by atoms with E-state index in [1.165, 1.54) is 12.0 Å². The Hall–Kier alpha value is -2.84. The Balaban J connectivity index is 1.88. The number of aliphatic hydroxyl groups is 1. The van der Waals surface area contributed by atoms with Crippen molar-refractivity contribution in [2.45, 2.75) is 6.54 Å². The molecule has 0 aromatic heterocycles. The van der Waals surface area contributed by atoms with Crippen molar-refractivity contribution in [3.05, 3.63) is 69.8 Å². The number of aliphatic hydroxyl groups excluding tert-OH is 1. The third-order valence-electron chi connectivity index (χ3n) is 4.52. The van der Waals surface area contributed by atoms with E-state index >= 15 is 0 Å². The summed E-state index contributed by atoms with van der Waals surface area (Å²) < 4.78 is 5.66. The van der Waals surface area contributed by atoms with Crippen molar-refractivity contribution in [1.29, 1.82) is 0 Å². The lowest BCUT2D eigenvalue weighted by atomic mass is 10.2. The first-order valence-corrected chi connectivity index (χ1v) is 9.88. The van der Waals surface area contributed by atoms with Crippen LogP contribution in [0.4, 0.5) is 11.4 Å². The molecule has 0 saturated carbocycles. The van der Waals surface area contributed by atoms with Crippen LogP contribution in [-0.4, -0.2) is 48.7 Å². The summed E-state index contributed by atoms with van der Waals surface area (Å²) in [6.45, 7) is 0.649. The van der Waals surface area contributed by atoms with Gasteiger partial charge in [0.05, 0.1) is 37.2 Å². The van der Waals surface area contributed by atoms with E-state index in [1.54, 1.807) is 0 Å². The topological polar surface area (TPSA) is 90.9 Å². The monoisotopic (exact) mass is 459 g/mol. The Morgan fingerprint density at radius 3 is 2.66 bits per heavy atom. The SMILES string of the molecule is COC(=O)C1=C(Nc2cc(Br)ccc2NCc2ccccc2)C(=O)N(CCO)C1. The van der Waals surface area contributed by atoms with Gasteiger partial charge < -0.3 is 25.4 Å². The fourth-order valence-corrected chi connectivity index (χ4v) is 3.41. The maximum Gasteiger partial charge on any atom is 0.337 e. The third-order valence-corrected chi connectivity index (χ3v) is 5.01. The molecule has 0 spiro atoms. The Kier molecular flexibility index (Phi) is 6.90. The zero-order valence-electron chi connectivity index (χ0n) is 15.9. The largest absolute Gasteiger partial charge is 0.466 e. The molecule has 29 heavy (non-hydrogen) atoms. The van der Waals surface area contributed by atoms with Crippen molar-refractivity contribution in [2.75, 3.05) is 37.4 Å². The van der Waals surface area contributed by atoms with Crippen LogP contribution in [0.5, 0.6) is 0 Å². The normalized spacial score (nSPS) is 13.6. The number of benzene rings is 2. The molecule has 7 nitrogen and oxygen atoms in total. The first-order valence-electron chi connectivity index (χ1n) is 9.09. The molecular formula is C21H22BrN3O4. The van der Waals surface area contributed by atoms with E-state index in [2.05, 4.69) is 26.6 Å². The molecule has 1 amide bonds. The van der Waals surface area contributed by atoms with Crippen LogP contribution in [0.25, 0.3) is 0 Å². The molecule has 2 aromatic rings. The number of halogens is 1. The van der Waals surface area contributed by atoms with Gasteiger partial charge in [-0.2, -0.15) is 0 Å². The van der Waals surface area contributed by atoms with Crippen LogP contribution in [0.1, 0.15) is 5.56 Å². The van der Waals surface area contributed by atoms with E-state index < -0.39 is 5.97 Å². The lowest BCUT2D eigenvalue weighted by Gasteiger charge is -2.17. The average Bonchev–Trinajstić information content (AvgIpc) is 3.03. The molecule has 0 atom stereocenters. The highest BCUT2D eigenvalue weighted by atomic mass is 79.9. The van der Waals surface area contributed by atoms with Gasteiger partial charge in [-0.3, -0.25) is 4.79 Å². The lowest BCUT2D eigenvalue weighted by molar-refractivity contribution is -0.136. The van der Waals surface area contributed by atoms with Crippen LogP contribution < -0.4 is 10.6 Å². The second-order valence-corrected chi connectivity index (χ2v) is 7.37. The molecule has 1 aliphatic rings. The minimum absolute atomic E-state index is 0.0924. The molecule has 1 aliphatic heterocycles. The predicted molar refractivity (Wildman–Crippen MR) is 114 cm³/mol. The zero-order valence-corrected chi connectivity index (χ0v) is 17.5. The molecule has 152 valence electrons. The van der Waals surface area contributed by atoms with Crippen LogP contribution in [-0.2, 0) is 20.9 Å². The number of esters is 1. The van der Waals surface area contributed by atoms with Crippen LogP contribution in [0.2, 0.25) is 0 Å². The second-order valence-electron chi connectivity index (χ2n) is 6.45. The van der Waals surface area contributed by atoms with Gasteiger partial charge in [-0.1, -0.05) is 46.3 Å². The van der Waals surface area contributed by atoms with Gasteiger partial charge in [0.2, 0.25) is 0 Å². The molecule has 8 heteroatoms. The molecule has 0 bridgehead atoms. The number of carbonyl (C=O) groups excluding carboxylic acids is 2. The van der Waals surface area contributed by atoms with Gasteiger partial charge in [-0.05, 0) is 23.8 Å². The summed E-state index contributed by atoms with van der Waals surface area (Å²) in [4.78, 5) is 26.4. The zero-order chi connectivity index (χ0) is 20.8. The van der Waals surface area contributed by atoms with Crippen LogP contribution in [0.3, 0.4) is 0 Å². The smallest absolute Gasteiger partial charge is 0.337 e. The van der Waals surface area contributed by atoms with Crippen LogP contribution in [0.15, 0.2) is 64.3 Å². The summed E-state index contributed by atoms with van der Waals surface area (Å²) >= 11 is 3.45. The minimum Gasteiger partial charge on any atom is -0.466 e. The van der Waals surface area contributed by atoms with Crippen molar-refractivity contribution in [3.8, 4) is 0 Å². The fourth-order valence-electron chi connectivity index (χ4n) is 3.05.